The normalized spacial score (nSPS) is 16.3. The quantitative estimate of drug-likeness (QED) is 0.593. The molecule has 7 nitrogen and oxygen atoms in total. The van der Waals surface area contributed by atoms with E-state index in [0.717, 1.165) is 11.1 Å². The van der Waals surface area contributed by atoms with E-state index in [4.69, 9.17) is 0 Å². The van der Waals surface area contributed by atoms with Crippen molar-refractivity contribution >= 4 is 22.1 Å². The molecule has 0 saturated carbocycles. The lowest BCUT2D eigenvalue weighted by Crippen LogP contribution is -2.42. The number of carbonyl (C=O) groups is 1. The van der Waals surface area contributed by atoms with Gasteiger partial charge in [-0.15, -0.1) is 0 Å². The SMILES string of the molecule is Cc1ccc(S(=O)(=O)N2CCC(C(=O)N/N=C\c3ccc(O)cc3)CC2)cc1. The van der Waals surface area contributed by atoms with Gasteiger partial charge >= 0.3 is 0 Å². The second-order valence-corrected chi connectivity index (χ2v) is 8.76. The van der Waals surface area contributed by atoms with Crippen molar-refractivity contribution in [2.45, 2.75) is 24.7 Å². The van der Waals surface area contributed by atoms with Gasteiger partial charge in [-0.3, -0.25) is 4.79 Å². The summed E-state index contributed by atoms with van der Waals surface area (Å²) in [5.41, 5.74) is 4.26. The lowest BCUT2D eigenvalue weighted by atomic mass is 9.98. The van der Waals surface area contributed by atoms with Crippen molar-refractivity contribution in [2.24, 2.45) is 11.0 Å². The molecule has 1 aliphatic rings. The molecule has 1 amide bonds. The van der Waals surface area contributed by atoms with E-state index in [1.54, 1.807) is 36.4 Å². The van der Waals surface area contributed by atoms with Gasteiger partial charge in [-0.2, -0.15) is 9.41 Å². The number of nitrogens with one attached hydrogen (secondary N) is 1. The van der Waals surface area contributed by atoms with Crippen LogP contribution in [-0.4, -0.2) is 43.0 Å². The Morgan fingerprint density at radius 3 is 2.32 bits per heavy atom. The Bertz CT molecular complexity index is 946. The smallest absolute Gasteiger partial charge is 0.243 e. The van der Waals surface area contributed by atoms with E-state index >= 15 is 0 Å². The Balaban J connectivity index is 1.53. The molecule has 0 aromatic heterocycles. The molecular weight excluding hydrogens is 378 g/mol. The number of carbonyl (C=O) groups excluding carboxylic acids is 1. The Morgan fingerprint density at radius 1 is 1.11 bits per heavy atom. The van der Waals surface area contributed by atoms with Gasteiger partial charge in [-0.05, 0) is 61.7 Å². The average molecular weight is 401 g/mol. The molecule has 1 heterocycles. The summed E-state index contributed by atoms with van der Waals surface area (Å²) in [4.78, 5) is 12.6. The van der Waals surface area contributed by atoms with Crippen molar-refractivity contribution < 1.29 is 18.3 Å². The maximum atomic E-state index is 12.7. The minimum Gasteiger partial charge on any atom is -0.508 e. The lowest BCUT2D eigenvalue weighted by molar-refractivity contribution is -0.126. The van der Waals surface area contributed by atoms with Crippen molar-refractivity contribution in [1.82, 2.24) is 9.73 Å². The third kappa shape index (κ3) is 4.76. The second kappa shape index (κ2) is 8.53. The van der Waals surface area contributed by atoms with Gasteiger partial charge in [-0.25, -0.2) is 13.8 Å². The molecule has 2 aromatic carbocycles. The van der Waals surface area contributed by atoms with Crippen LogP contribution in [0.25, 0.3) is 0 Å². The minimum atomic E-state index is -3.53. The van der Waals surface area contributed by atoms with Gasteiger partial charge in [-0.1, -0.05) is 17.7 Å². The summed E-state index contributed by atoms with van der Waals surface area (Å²) in [5.74, 6) is -0.336. The first-order valence-corrected chi connectivity index (χ1v) is 10.5. The van der Waals surface area contributed by atoms with Crippen molar-refractivity contribution in [3.05, 3.63) is 59.7 Å². The number of phenolic OH excluding ortho intramolecular Hbond substituents is 1. The molecule has 3 rings (SSSR count). The molecule has 0 bridgehead atoms. The van der Waals surface area contributed by atoms with E-state index in [9.17, 15) is 18.3 Å². The number of rotatable bonds is 5. The maximum Gasteiger partial charge on any atom is 0.243 e. The molecule has 0 atom stereocenters. The van der Waals surface area contributed by atoms with Crippen molar-refractivity contribution in [2.75, 3.05) is 13.1 Å². The molecular formula is C20H23N3O4S. The first kappa shape index (κ1) is 20.0. The van der Waals surface area contributed by atoms with Crippen LogP contribution in [0.5, 0.6) is 5.75 Å². The zero-order valence-corrected chi connectivity index (χ0v) is 16.4. The van der Waals surface area contributed by atoms with Gasteiger partial charge in [0, 0.05) is 19.0 Å². The predicted molar refractivity (Wildman–Crippen MR) is 107 cm³/mol. The minimum absolute atomic E-state index is 0.161. The number of benzene rings is 2. The predicted octanol–water partition coefficient (Wildman–Crippen LogP) is 2.25. The summed E-state index contributed by atoms with van der Waals surface area (Å²) in [5, 5.41) is 13.2. The lowest BCUT2D eigenvalue weighted by Gasteiger charge is -2.30. The summed E-state index contributed by atoms with van der Waals surface area (Å²) in [6.45, 7) is 2.51. The van der Waals surface area contributed by atoms with Gasteiger partial charge in [0.15, 0.2) is 0 Å². The molecule has 0 aliphatic carbocycles. The van der Waals surface area contributed by atoms with Crippen LogP contribution < -0.4 is 5.43 Å². The van der Waals surface area contributed by atoms with Crippen LogP contribution in [0.2, 0.25) is 0 Å². The number of phenols is 1. The third-order valence-corrected chi connectivity index (χ3v) is 6.68. The zero-order chi connectivity index (χ0) is 20.1. The molecule has 2 N–H and O–H groups in total. The second-order valence-electron chi connectivity index (χ2n) is 6.82. The molecule has 2 aromatic rings. The Labute approximate surface area is 164 Å². The number of sulfonamides is 1. The van der Waals surface area contributed by atoms with Crippen LogP contribution in [0, 0.1) is 12.8 Å². The molecule has 1 saturated heterocycles. The molecule has 1 fully saturated rings. The fourth-order valence-corrected chi connectivity index (χ4v) is 4.51. The third-order valence-electron chi connectivity index (χ3n) is 4.76. The van der Waals surface area contributed by atoms with E-state index in [-0.39, 0.29) is 22.5 Å². The molecule has 1 aliphatic heterocycles. The van der Waals surface area contributed by atoms with Crippen LogP contribution in [0.15, 0.2) is 58.5 Å². The van der Waals surface area contributed by atoms with Crippen LogP contribution in [0.4, 0.5) is 0 Å². The van der Waals surface area contributed by atoms with Gasteiger partial charge in [0.1, 0.15) is 5.75 Å². The maximum absolute atomic E-state index is 12.7. The van der Waals surface area contributed by atoms with E-state index in [0.29, 0.717) is 25.9 Å². The molecule has 148 valence electrons. The highest BCUT2D eigenvalue weighted by atomic mass is 32.2. The Hall–Kier alpha value is -2.71. The van der Waals surface area contributed by atoms with Crippen molar-refractivity contribution in [1.29, 1.82) is 0 Å². The molecule has 28 heavy (non-hydrogen) atoms. The number of nitrogens with zero attached hydrogens (tertiary/aromatic N) is 2. The van der Waals surface area contributed by atoms with E-state index in [2.05, 4.69) is 10.5 Å². The number of hydrogen-bond donors (Lipinski definition) is 2. The standard InChI is InChI=1S/C20H23N3O4S/c1-15-2-8-19(9-3-15)28(26,27)23-12-10-17(11-13-23)20(25)22-21-14-16-4-6-18(24)7-5-16/h2-9,14,17,24H,10-13H2,1H3,(H,22,25)/b21-14-. The molecule has 0 unspecified atom stereocenters. The topological polar surface area (TPSA) is 99.1 Å². The number of hydrazone groups is 1. The van der Waals surface area contributed by atoms with Gasteiger partial charge < -0.3 is 5.11 Å². The van der Waals surface area contributed by atoms with Crippen LogP contribution >= 0.6 is 0 Å². The van der Waals surface area contributed by atoms with Gasteiger partial charge in [0.25, 0.3) is 0 Å². The summed E-state index contributed by atoms with van der Waals surface area (Å²) in [6.07, 6.45) is 2.39. The highest BCUT2D eigenvalue weighted by Gasteiger charge is 2.31. The largest absolute Gasteiger partial charge is 0.508 e. The fraction of sp³-hybridized carbons (Fsp3) is 0.300. The Morgan fingerprint density at radius 2 is 1.71 bits per heavy atom. The van der Waals surface area contributed by atoms with Crippen molar-refractivity contribution in [3.8, 4) is 5.75 Å². The van der Waals surface area contributed by atoms with E-state index in [1.165, 1.54) is 22.7 Å². The molecule has 8 heteroatoms. The van der Waals surface area contributed by atoms with E-state index in [1.807, 2.05) is 6.92 Å². The van der Waals surface area contributed by atoms with Crippen LogP contribution in [0.1, 0.15) is 24.0 Å². The van der Waals surface area contributed by atoms with Crippen LogP contribution in [-0.2, 0) is 14.8 Å². The first-order valence-electron chi connectivity index (χ1n) is 9.05. The molecule has 0 radical (unpaired) electrons. The first-order chi connectivity index (χ1) is 13.4. The number of piperidine rings is 1. The number of hydrogen-bond acceptors (Lipinski definition) is 5. The summed E-state index contributed by atoms with van der Waals surface area (Å²) < 4.78 is 26.9. The van der Waals surface area contributed by atoms with Gasteiger partial charge in [0.2, 0.25) is 15.9 Å². The van der Waals surface area contributed by atoms with Crippen molar-refractivity contribution in [3.63, 3.8) is 0 Å². The monoisotopic (exact) mass is 401 g/mol. The van der Waals surface area contributed by atoms with Gasteiger partial charge in [0.05, 0.1) is 11.1 Å². The zero-order valence-electron chi connectivity index (χ0n) is 15.6. The van der Waals surface area contributed by atoms with Crippen LogP contribution in [0.3, 0.4) is 0 Å². The number of aryl methyl sites for hydroxylation is 1. The summed E-state index contributed by atoms with van der Waals surface area (Å²) >= 11 is 0. The number of amides is 1. The average Bonchev–Trinajstić information content (AvgIpc) is 2.70. The summed E-state index contributed by atoms with van der Waals surface area (Å²) in [6, 6.07) is 13.2. The molecule has 0 spiro atoms. The summed E-state index contributed by atoms with van der Waals surface area (Å²) in [7, 11) is -3.53. The highest BCUT2D eigenvalue weighted by Crippen LogP contribution is 2.24. The fourth-order valence-electron chi connectivity index (χ4n) is 3.04. The van der Waals surface area contributed by atoms with E-state index < -0.39 is 10.0 Å². The Kier molecular flexibility index (Phi) is 6.11. The highest BCUT2D eigenvalue weighted by molar-refractivity contribution is 7.89. The number of aromatic hydroxyl groups is 1.